The van der Waals surface area contributed by atoms with Gasteiger partial charge in [0.25, 0.3) is 0 Å². The molecule has 0 aliphatic heterocycles. The summed E-state index contributed by atoms with van der Waals surface area (Å²) in [6.07, 6.45) is 1.30. The third kappa shape index (κ3) is 7.14. The van der Waals surface area contributed by atoms with Crippen molar-refractivity contribution >= 4 is 14.8 Å². The predicted octanol–water partition coefficient (Wildman–Crippen LogP) is 2.11. The SMILES string of the molecule is CCOC(=O)/C=C(/C)O[Si](C)(OCC)OCC. The Morgan fingerprint density at radius 2 is 1.65 bits per heavy atom. The van der Waals surface area contributed by atoms with Gasteiger partial charge in [-0.15, -0.1) is 0 Å². The van der Waals surface area contributed by atoms with Crippen molar-refractivity contribution in [3.05, 3.63) is 11.8 Å². The van der Waals surface area contributed by atoms with E-state index in [0.29, 0.717) is 25.6 Å². The highest BCUT2D eigenvalue weighted by molar-refractivity contribution is 6.59. The monoisotopic (exact) mass is 262 g/mol. The van der Waals surface area contributed by atoms with Gasteiger partial charge in [0, 0.05) is 19.8 Å². The molecule has 0 aromatic heterocycles. The van der Waals surface area contributed by atoms with Crippen LogP contribution in [0, 0.1) is 0 Å². The van der Waals surface area contributed by atoms with Gasteiger partial charge in [0.05, 0.1) is 18.4 Å². The Morgan fingerprint density at radius 3 is 2.06 bits per heavy atom. The molecule has 0 aliphatic rings. The summed E-state index contributed by atoms with van der Waals surface area (Å²) in [6.45, 7) is 10.3. The van der Waals surface area contributed by atoms with Gasteiger partial charge < -0.3 is 18.0 Å². The van der Waals surface area contributed by atoms with Gasteiger partial charge in [-0.1, -0.05) is 0 Å². The van der Waals surface area contributed by atoms with Crippen molar-refractivity contribution in [3.63, 3.8) is 0 Å². The summed E-state index contributed by atoms with van der Waals surface area (Å²) in [6, 6.07) is 0. The number of carbonyl (C=O) groups is 1. The standard InChI is InChI=1S/C11H22O5Si/c1-6-13-11(12)9-10(4)16-17(5,14-7-2)15-8-3/h9H,6-8H2,1-5H3/b10-9-. The smallest absolute Gasteiger partial charge is 0.505 e. The van der Waals surface area contributed by atoms with E-state index in [2.05, 4.69) is 0 Å². The molecular formula is C11H22O5Si. The molecule has 0 unspecified atom stereocenters. The minimum Gasteiger partial charge on any atom is -0.505 e. The molecule has 5 nitrogen and oxygen atoms in total. The summed E-state index contributed by atoms with van der Waals surface area (Å²) in [5, 5.41) is 0. The summed E-state index contributed by atoms with van der Waals surface area (Å²) < 4.78 is 21.3. The van der Waals surface area contributed by atoms with Crippen molar-refractivity contribution in [1.82, 2.24) is 0 Å². The molecule has 17 heavy (non-hydrogen) atoms. The first kappa shape index (κ1) is 16.1. The fourth-order valence-electron chi connectivity index (χ4n) is 1.30. The van der Waals surface area contributed by atoms with Gasteiger partial charge in [-0.2, -0.15) is 0 Å². The molecular weight excluding hydrogens is 240 g/mol. The Bertz CT molecular complexity index is 259. The van der Waals surface area contributed by atoms with Crippen molar-refractivity contribution < 1.29 is 22.8 Å². The zero-order valence-corrected chi connectivity index (χ0v) is 12.2. The lowest BCUT2D eigenvalue weighted by molar-refractivity contribution is -0.137. The number of allylic oxidation sites excluding steroid dienone is 1. The number of ether oxygens (including phenoxy) is 1. The Hall–Kier alpha value is -0.853. The predicted molar refractivity (Wildman–Crippen MR) is 66.3 cm³/mol. The fraction of sp³-hybridized carbons (Fsp3) is 0.727. The van der Waals surface area contributed by atoms with Crippen LogP contribution in [-0.4, -0.2) is 34.6 Å². The maximum atomic E-state index is 11.2. The molecule has 0 saturated heterocycles. The number of hydrogen-bond acceptors (Lipinski definition) is 5. The maximum Gasteiger partial charge on any atom is 0.562 e. The van der Waals surface area contributed by atoms with Crippen LogP contribution < -0.4 is 0 Å². The van der Waals surface area contributed by atoms with E-state index in [1.165, 1.54) is 6.08 Å². The fourth-order valence-corrected chi connectivity index (χ4v) is 3.19. The van der Waals surface area contributed by atoms with E-state index in [-0.39, 0.29) is 0 Å². The lowest BCUT2D eigenvalue weighted by Crippen LogP contribution is -2.42. The normalized spacial score (nSPS) is 12.4. The first-order valence-electron chi connectivity index (χ1n) is 5.79. The number of esters is 1. The lowest BCUT2D eigenvalue weighted by Gasteiger charge is -2.25. The van der Waals surface area contributed by atoms with Crippen molar-refractivity contribution in [2.24, 2.45) is 0 Å². The van der Waals surface area contributed by atoms with Crippen molar-refractivity contribution in [1.29, 1.82) is 0 Å². The lowest BCUT2D eigenvalue weighted by atomic mass is 10.5. The van der Waals surface area contributed by atoms with Gasteiger partial charge in [0.15, 0.2) is 0 Å². The van der Waals surface area contributed by atoms with Gasteiger partial charge in [-0.3, -0.25) is 0 Å². The molecule has 0 saturated carbocycles. The molecule has 0 atom stereocenters. The third-order valence-electron chi connectivity index (χ3n) is 1.77. The van der Waals surface area contributed by atoms with Crippen LogP contribution in [0.5, 0.6) is 0 Å². The average Bonchev–Trinajstić information content (AvgIpc) is 2.17. The summed E-state index contributed by atoms with van der Waals surface area (Å²) in [5.74, 6) is 0.0221. The highest BCUT2D eigenvalue weighted by atomic mass is 28.4. The van der Waals surface area contributed by atoms with Crippen LogP contribution in [0.25, 0.3) is 0 Å². The molecule has 0 N–H and O–H groups in total. The molecule has 0 amide bonds. The largest absolute Gasteiger partial charge is 0.562 e. The second-order valence-electron chi connectivity index (χ2n) is 3.34. The van der Waals surface area contributed by atoms with Crippen LogP contribution in [0.1, 0.15) is 27.7 Å². The Labute approximate surface area is 104 Å². The Balaban J connectivity index is 4.48. The van der Waals surface area contributed by atoms with Crippen LogP contribution in [-0.2, 0) is 22.8 Å². The number of carbonyl (C=O) groups excluding carboxylic acids is 1. The minimum absolute atomic E-state index is 0.341. The van der Waals surface area contributed by atoms with Crippen LogP contribution in [0.2, 0.25) is 6.55 Å². The molecule has 0 rings (SSSR count). The van der Waals surface area contributed by atoms with Gasteiger partial charge in [-0.05, 0) is 27.7 Å². The van der Waals surface area contributed by atoms with Gasteiger partial charge in [0.1, 0.15) is 0 Å². The average molecular weight is 262 g/mol. The van der Waals surface area contributed by atoms with Crippen LogP contribution in [0.15, 0.2) is 11.8 Å². The Kier molecular flexibility index (Phi) is 7.85. The first-order valence-corrected chi connectivity index (χ1v) is 8.01. The molecule has 6 heteroatoms. The van der Waals surface area contributed by atoms with Crippen molar-refractivity contribution in [2.45, 2.75) is 34.2 Å². The highest BCUT2D eigenvalue weighted by Crippen LogP contribution is 2.14. The second kappa shape index (κ2) is 8.27. The third-order valence-corrected chi connectivity index (χ3v) is 4.09. The molecule has 0 heterocycles. The van der Waals surface area contributed by atoms with Crippen LogP contribution >= 0.6 is 0 Å². The zero-order valence-electron chi connectivity index (χ0n) is 11.2. The molecule has 0 aliphatic carbocycles. The second-order valence-corrected chi connectivity index (χ2v) is 5.84. The molecule has 0 bridgehead atoms. The van der Waals surface area contributed by atoms with Gasteiger partial charge in [-0.25, -0.2) is 4.79 Å². The van der Waals surface area contributed by atoms with E-state index >= 15 is 0 Å². The number of rotatable bonds is 8. The minimum atomic E-state index is -2.68. The van der Waals surface area contributed by atoms with Crippen LogP contribution in [0.4, 0.5) is 0 Å². The summed E-state index contributed by atoms with van der Waals surface area (Å²) >= 11 is 0. The van der Waals surface area contributed by atoms with E-state index in [0.717, 1.165) is 0 Å². The zero-order chi connectivity index (χ0) is 13.3. The van der Waals surface area contributed by atoms with E-state index in [9.17, 15) is 4.79 Å². The molecule has 0 radical (unpaired) electrons. The molecule has 0 spiro atoms. The van der Waals surface area contributed by atoms with Crippen LogP contribution in [0.3, 0.4) is 0 Å². The topological polar surface area (TPSA) is 54.0 Å². The highest BCUT2D eigenvalue weighted by Gasteiger charge is 2.36. The summed E-state index contributed by atoms with van der Waals surface area (Å²) in [7, 11) is -2.68. The van der Waals surface area contributed by atoms with Gasteiger partial charge in [0.2, 0.25) is 0 Å². The summed E-state index contributed by atoms with van der Waals surface area (Å²) in [4.78, 5) is 11.2. The van der Waals surface area contributed by atoms with Gasteiger partial charge >= 0.3 is 14.8 Å². The number of hydrogen-bond donors (Lipinski definition) is 0. The molecule has 0 aromatic rings. The quantitative estimate of drug-likeness (QED) is 0.290. The van der Waals surface area contributed by atoms with E-state index in [1.807, 2.05) is 13.8 Å². The molecule has 0 aromatic carbocycles. The maximum absolute atomic E-state index is 11.2. The van der Waals surface area contributed by atoms with Crippen molar-refractivity contribution in [3.8, 4) is 0 Å². The van der Waals surface area contributed by atoms with E-state index in [1.54, 1.807) is 20.4 Å². The molecule has 0 fully saturated rings. The molecule has 100 valence electrons. The van der Waals surface area contributed by atoms with E-state index in [4.69, 9.17) is 18.0 Å². The first-order chi connectivity index (χ1) is 7.97. The van der Waals surface area contributed by atoms with Crippen molar-refractivity contribution in [2.75, 3.05) is 19.8 Å². The Morgan fingerprint density at radius 1 is 1.12 bits per heavy atom. The summed E-state index contributed by atoms with van der Waals surface area (Å²) in [5.41, 5.74) is 0. The van der Waals surface area contributed by atoms with E-state index < -0.39 is 14.8 Å².